The first-order chi connectivity index (χ1) is 10.1. The van der Waals surface area contributed by atoms with Crippen LogP contribution in [0.2, 0.25) is 0 Å². The van der Waals surface area contributed by atoms with Gasteiger partial charge in [-0.25, -0.2) is 0 Å². The van der Waals surface area contributed by atoms with Crippen LogP contribution in [0.1, 0.15) is 37.8 Å². The molecule has 0 spiro atoms. The highest BCUT2D eigenvalue weighted by molar-refractivity contribution is 9.10. The molecule has 1 aromatic rings. The van der Waals surface area contributed by atoms with Gasteiger partial charge in [0.25, 0.3) is 0 Å². The monoisotopic (exact) mass is 354 g/mol. The van der Waals surface area contributed by atoms with E-state index in [1.807, 2.05) is 0 Å². The lowest BCUT2D eigenvalue weighted by Crippen LogP contribution is -2.36. The molecular weight excluding hydrogens is 328 g/mol. The van der Waals surface area contributed by atoms with Gasteiger partial charge in [-0.3, -0.25) is 4.90 Å². The van der Waals surface area contributed by atoms with E-state index in [9.17, 15) is 0 Å². The van der Waals surface area contributed by atoms with Crippen LogP contribution < -0.4 is 5.32 Å². The lowest BCUT2D eigenvalue weighted by molar-refractivity contribution is 0.0814. The molecule has 2 rings (SSSR count). The molecule has 1 aliphatic rings. The number of hydrogen-bond acceptors (Lipinski definition) is 3. The molecule has 1 N–H and O–H groups in total. The molecule has 0 amide bonds. The Labute approximate surface area is 137 Å². The molecule has 1 heterocycles. The lowest BCUT2D eigenvalue weighted by atomic mass is 10.1. The van der Waals surface area contributed by atoms with E-state index in [-0.39, 0.29) is 0 Å². The Morgan fingerprint density at radius 1 is 1.43 bits per heavy atom. The minimum absolute atomic E-state index is 0.339. The van der Waals surface area contributed by atoms with E-state index in [4.69, 9.17) is 4.74 Å². The topological polar surface area (TPSA) is 24.5 Å². The summed E-state index contributed by atoms with van der Waals surface area (Å²) in [6.45, 7) is 8.22. The number of nitrogens with one attached hydrogen (secondary N) is 1. The normalized spacial score (nSPS) is 22.1. The van der Waals surface area contributed by atoms with E-state index in [2.05, 4.69) is 65.2 Å². The van der Waals surface area contributed by atoms with Crippen LogP contribution in [-0.2, 0) is 17.8 Å². The molecule has 1 aliphatic heterocycles. The summed E-state index contributed by atoms with van der Waals surface area (Å²) in [6.07, 6.45) is 2.64. The molecule has 2 unspecified atom stereocenters. The first-order valence-electron chi connectivity index (χ1n) is 7.91. The second kappa shape index (κ2) is 8.28. The van der Waals surface area contributed by atoms with E-state index in [1.165, 1.54) is 22.0 Å². The van der Waals surface area contributed by atoms with Gasteiger partial charge < -0.3 is 10.1 Å². The quantitative estimate of drug-likeness (QED) is 0.757. The van der Waals surface area contributed by atoms with Crippen LogP contribution in [0, 0.1) is 0 Å². The summed E-state index contributed by atoms with van der Waals surface area (Å²) >= 11 is 3.72. The Morgan fingerprint density at radius 2 is 2.24 bits per heavy atom. The van der Waals surface area contributed by atoms with E-state index in [0.29, 0.717) is 12.1 Å². The number of ether oxygens (including phenoxy) is 1. The fourth-order valence-corrected chi connectivity index (χ4v) is 3.48. The van der Waals surface area contributed by atoms with E-state index < -0.39 is 0 Å². The minimum atomic E-state index is 0.339. The van der Waals surface area contributed by atoms with Crippen LogP contribution in [0.3, 0.4) is 0 Å². The summed E-state index contributed by atoms with van der Waals surface area (Å²) in [5, 5.41) is 3.44. The largest absolute Gasteiger partial charge is 0.377 e. The third-order valence-electron chi connectivity index (χ3n) is 4.20. The molecule has 0 aliphatic carbocycles. The van der Waals surface area contributed by atoms with Crippen LogP contribution in [-0.4, -0.2) is 37.2 Å². The maximum Gasteiger partial charge on any atom is 0.0703 e. The van der Waals surface area contributed by atoms with Crippen molar-refractivity contribution in [3.8, 4) is 0 Å². The van der Waals surface area contributed by atoms with Gasteiger partial charge in [0, 0.05) is 30.2 Å². The van der Waals surface area contributed by atoms with Crippen molar-refractivity contribution in [2.75, 3.05) is 20.2 Å². The molecular formula is C17H27BrN2O. The molecule has 0 radical (unpaired) electrons. The van der Waals surface area contributed by atoms with Crippen molar-refractivity contribution in [2.45, 2.75) is 51.9 Å². The van der Waals surface area contributed by atoms with Crippen LogP contribution in [0.25, 0.3) is 0 Å². The molecule has 1 aromatic carbocycles. The number of likely N-dealkylation sites (N-methyl/N-ethyl adjacent to an activating group) is 1. The standard InChI is InChI=1S/C17H27BrN2O/c1-4-8-19-11-14-5-6-15(16(18)10-14)12-20(3)17-7-9-21-13(17)2/h5-6,10,13,17,19H,4,7-9,11-12H2,1-3H3. The van der Waals surface area contributed by atoms with E-state index in [1.54, 1.807) is 0 Å². The van der Waals surface area contributed by atoms with E-state index >= 15 is 0 Å². The average Bonchev–Trinajstić information content (AvgIpc) is 2.88. The third kappa shape index (κ3) is 4.78. The number of nitrogens with zero attached hydrogens (tertiary/aromatic N) is 1. The van der Waals surface area contributed by atoms with Crippen molar-refractivity contribution in [3.63, 3.8) is 0 Å². The predicted octanol–water partition coefficient (Wildman–Crippen LogP) is 3.56. The zero-order chi connectivity index (χ0) is 15.2. The zero-order valence-corrected chi connectivity index (χ0v) is 14.9. The second-order valence-electron chi connectivity index (χ2n) is 5.95. The Kier molecular flexibility index (Phi) is 6.68. The Morgan fingerprint density at radius 3 is 2.86 bits per heavy atom. The van der Waals surface area contributed by atoms with Gasteiger partial charge >= 0.3 is 0 Å². The van der Waals surface area contributed by atoms with Crippen molar-refractivity contribution in [3.05, 3.63) is 33.8 Å². The highest BCUT2D eigenvalue weighted by Gasteiger charge is 2.27. The SMILES string of the molecule is CCCNCc1ccc(CN(C)C2CCOC2C)c(Br)c1. The second-order valence-corrected chi connectivity index (χ2v) is 6.80. The van der Waals surface area contributed by atoms with Gasteiger partial charge in [-0.15, -0.1) is 0 Å². The third-order valence-corrected chi connectivity index (χ3v) is 4.93. The maximum absolute atomic E-state index is 5.67. The van der Waals surface area contributed by atoms with Crippen molar-refractivity contribution in [1.29, 1.82) is 0 Å². The predicted molar refractivity (Wildman–Crippen MR) is 91.4 cm³/mol. The molecule has 3 nitrogen and oxygen atoms in total. The van der Waals surface area contributed by atoms with Gasteiger partial charge in [-0.1, -0.05) is 35.0 Å². The summed E-state index contributed by atoms with van der Waals surface area (Å²) in [7, 11) is 2.19. The number of halogens is 1. The zero-order valence-electron chi connectivity index (χ0n) is 13.4. The lowest BCUT2D eigenvalue weighted by Gasteiger charge is -2.27. The average molecular weight is 355 g/mol. The van der Waals surface area contributed by atoms with Gasteiger partial charge in [-0.05, 0) is 50.6 Å². The Balaban J connectivity index is 1.94. The summed E-state index contributed by atoms with van der Waals surface area (Å²) in [5.74, 6) is 0. The summed E-state index contributed by atoms with van der Waals surface area (Å²) in [6, 6.07) is 7.23. The Hall–Kier alpha value is -0.420. The van der Waals surface area contributed by atoms with Crippen molar-refractivity contribution in [1.82, 2.24) is 10.2 Å². The summed E-state index contributed by atoms with van der Waals surface area (Å²) in [4.78, 5) is 2.41. The van der Waals surface area contributed by atoms with Crippen LogP contribution >= 0.6 is 15.9 Å². The number of hydrogen-bond donors (Lipinski definition) is 1. The minimum Gasteiger partial charge on any atom is -0.377 e. The molecule has 1 fully saturated rings. The molecule has 0 aromatic heterocycles. The van der Waals surface area contributed by atoms with Crippen molar-refractivity contribution < 1.29 is 4.74 Å². The molecule has 2 atom stereocenters. The molecule has 21 heavy (non-hydrogen) atoms. The molecule has 0 saturated carbocycles. The summed E-state index contributed by atoms with van der Waals surface area (Å²) in [5.41, 5.74) is 2.68. The molecule has 0 bridgehead atoms. The highest BCUT2D eigenvalue weighted by atomic mass is 79.9. The summed E-state index contributed by atoms with van der Waals surface area (Å²) < 4.78 is 6.87. The molecule has 1 saturated heterocycles. The van der Waals surface area contributed by atoms with Crippen molar-refractivity contribution >= 4 is 15.9 Å². The van der Waals surface area contributed by atoms with Crippen LogP contribution in [0.15, 0.2) is 22.7 Å². The highest BCUT2D eigenvalue weighted by Crippen LogP contribution is 2.24. The fraction of sp³-hybridized carbons (Fsp3) is 0.647. The molecule has 4 heteroatoms. The first-order valence-corrected chi connectivity index (χ1v) is 8.71. The van der Waals surface area contributed by atoms with Gasteiger partial charge in [-0.2, -0.15) is 0 Å². The smallest absolute Gasteiger partial charge is 0.0703 e. The fourth-order valence-electron chi connectivity index (χ4n) is 2.92. The van der Waals surface area contributed by atoms with Gasteiger partial charge in [0.2, 0.25) is 0 Å². The van der Waals surface area contributed by atoms with Gasteiger partial charge in [0.1, 0.15) is 0 Å². The van der Waals surface area contributed by atoms with Crippen LogP contribution in [0.4, 0.5) is 0 Å². The van der Waals surface area contributed by atoms with Gasteiger partial charge in [0.05, 0.1) is 6.10 Å². The number of benzene rings is 1. The first kappa shape index (κ1) is 16.9. The van der Waals surface area contributed by atoms with E-state index in [0.717, 1.165) is 32.7 Å². The Bertz CT molecular complexity index is 452. The van der Waals surface area contributed by atoms with Gasteiger partial charge in [0.15, 0.2) is 0 Å². The molecule has 118 valence electrons. The maximum atomic E-state index is 5.67. The van der Waals surface area contributed by atoms with Crippen LogP contribution in [0.5, 0.6) is 0 Å². The number of rotatable bonds is 7. The van der Waals surface area contributed by atoms with Crippen molar-refractivity contribution in [2.24, 2.45) is 0 Å².